The van der Waals surface area contributed by atoms with Crippen molar-refractivity contribution < 1.29 is 9.53 Å². The number of amides is 1. The number of carbonyl (C=O) groups is 1. The summed E-state index contributed by atoms with van der Waals surface area (Å²) in [6, 6.07) is 2.25. The standard InChI is InChI=1S/C14H24N2O2/c1-4-12(3)10-16(5-2)13(17)14(11-15)6-8-18-9-7-14/h12H,4-10H2,1-3H3. The highest BCUT2D eigenvalue weighted by Gasteiger charge is 2.42. The molecular formula is C14H24N2O2. The Morgan fingerprint density at radius 2 is 2.06 bits per heavy atom. The number of rotatable bonds is 5. The van der Waals surface area contributed by atoms with Crippen molar-refractivity contribution in [3.8, 4) is 6.07 Å². The third-order valence-corrected chi connectivity index (χ3v) is 3.87. The summed E-state index contributed by atoms with van der Waals surface area (Å²) < 4.78 is 5.27. The van der Waals surface area contributed by atoms with Crippen molar-refractivity contribution >= 4 is 5.91 Å². The van der Waals surface area contributed by atoms with Gasteiger partial charge in [-0.25, -0.2) is 0 Å². The van der Waals surface area contributed by atoms with Crippen LogP contribution in [0.3, 0.4) is 0 Å². The van der Waals surface area contributed by atoms with Gasteiger partial charge >= 0.3 is 0 Å². The molecule has 102 valence electrons. The number of hydrogen-bond donors (Lipinski definition) is 0. The van der Waals surface area contributed by atoms with E-state index in [4.69, 9.17) is 4.74 Å². The van der Waals surface area contributed by atoms with Crippen LogP contribution in [0.25, 0.3) is 0 Å². The maximum absolute atomic E-state index is 12.6. The van der Waals surface area contributed by atoms with Gasteiger partial charge < -0.3 is 9.64 Å². The van der Waals surface area contributed by atoms with Crippen molar-refractivity contribution in [3.63, 3.8) is 0 Å². The highest BCUT2D eigenvalue weighted by atomic mass is 16.5. The van der Waals surface area contributed by atoms with Gasteiger partial charge in [0.1, 0.15) is 5.41 Å². The van der Waals surface area contributed by atoms with Crippen LogP contribution >= 0.6 is 0 Å². The zero-order chi connectivity index (χ0) is 13.6. The van der Waals surface area contributed by atoms with Crippen LogP contribution in [0.2, 0.25) is 0 Å². The molecule has 0 N–H and O–H groups in total. The molecule has 4 nitrogen and oxygen atoms in total. The predicted octanol–water partition coefficient (Wildman–Crippen LogP) is 2.20. The molecule has 0 aromatic heterocycles. The lowest BCUT2D eigenvalue weighted by atomic mass is 9.80. The number of nitrogens with zero attached hydrogens (tertiary/aromatic N) is 2. The molecule has 1 rings (SSSR count). The number of nitriles is 1. The van der Waals surface area contributed by atoms with E-state index < -0.39 is 5.41 Å². The Labute approximate surface area is 110 Å². The molecule has 0 saturated carbocycles. The second-order valence-electron chi connectivity index (χ2n) is 5.16. The molecule has 1 aliphatic rings. The third kappa shape index (κ3) is 3.23. The monoisotopic (exact) mass is 252 g/mol. The summed E-state index contributed by atoms with van der Waals surface area (Å²) in [7, 11) is 0. The molecule has 0 aromatic carbocycles. The van der Waals surface area contributed by atoms with Gasteiger partial charge in [-0.2, -0.15) is 5.26 Å². The lowest BCUT2D eigenvalue weighted by molar-refractivity contribution is -0.143. The van der Waals surface area contributed by atoms with Crippen molar-refractivity contribution in [3.05, 3.63) is 0 Å². The minimum absolute atomic E-state index is 0.00361. The quantitative estimate of drug-likeness (QED) is 0.753. The van der Waals surface area contributed by atoms with Gasteiger partial charge in [-0.15, -0.1) is 0 Å². The van der Waals surface area contributed by atoms with Crippen LogP contribution in [-0.2, 0) is 9.53 Å². The van der Waals surface area contributed by atoms with E-state index in [0.29, 0.717) is 38.5 Å². The van der Waals surface area contributed by atoms with E-state index in [1.165, 1.54) is 0 Å². The first-order valence-corrected chi connectivity index (χ1v) is 6.88. The van der Waals surface area contributed by atoms with Gasteiger partial charge in [-0.3, -0.25) is 4.79 Å². The van der Waals surface area contributed by atoms with E-state index in [0.717, 1.165) is 13.0 Å². The minimum atomic E-state index is -0.846. The summed E-state index contributed by atoms with van der Waals surface area (Å²) in [4.78, 5) is 14.4. The maximum Gasteiger partial charge on any atom is 0.243 e. The minimum Gasteiger partial charge on any atom is -0.381 e. The second kappa shape index (κ2) is 6.75. The summed E-state index contributed by atoms with van der Waals surface area (Å²) in [6.45, 7) is 8.69. The zero-order valence-corrected chi connectivity index (χ0v) is 11.7. The average Bonchev–Trinajstić information content (AvgIpc) is 2.44. The molecule has 1 saturated heterocycles. The van der Waals surface area contributed by atoms with Crippen molar-refractivity contribution in [2.45, 2.75) is 40.0 Å². The number of ether oxygens (including phenoxy) is 1. The van der Waals surface area contributed by atoms with Crippen molar-refractivity contribution in [2.75, 3.05) is 26.3 Å². The van der Waals surface area contributed by atoms with E-state index in [-0.39, 0.29) is 5.91 Å². The molecule has 0 aliphatic carbocycles. The van der Waals surface area contributed by atoms with E-state index >= 15 is 0 Å². The fraction of sp³-hybridized carbons (Fsp3) is 0.857. The molecule has 0 radical (unpaired) electrons. The summed E-state index contributed by atoms with van der Waals surface area (Å²) in [6.07, 6.45) is 2.10. The normalized spacial score (nSPS) is 19.9. The molecule has 1 aliphatic heterocycles. The van der Waals surface area contributed by atoms with Crippen molar-refractivity contribution in [2.24, 2.45) is 11.3 Å². The van der Waals surface area contributed by atoms with Gasteiger partial charge in [-0.1, -0.05) is 20.3 Å². The molecule has 0 bridgehead atoms. The summed E-state index contributed by atoms with van der Waals surface area (Å²) in [5.74, 6) is 0.473. The molecule has 0 spiro atoms. The summed E-state index contributed by atoms with van der Waals surface area (Å²) in [5.41, 5.74) is -0.846. The Kier molecular flexibility index (Phi) is 5.61. The van der Waals surface area contributed by atoms with E-state index in [2.05, 4.69) is 19.9 Å². The Hall–Kier alpha value is -1.08. The molecule has 1 amide bonds. The molecule has 0 aromatic rings. The highest BCUT2D eigenvalue weighted by Crippen LogP contribution is 2.32. The van der Waals surface area contributed by atoms with Gasteiger partial charge in [0.2, 0.25) is 5.91 Å². The first-order chi connectivity index (χ1) is 8.59. The lowest BCUT2D eigenvalue weighted by Gasteiger charge is -2.35. The Balaban J connectivity index is 2.78. The molecule has 1 atom stereocenters. The topological polar surface area (TPSA) is 53.3 Å². The third-order valence-electron chi connectivity index (χ3n) is 3.87. The number of carbonyl (C=O) groups excluding carboxylic acids is 1. The molecule has 1 fully saturated rings. The van der Waals surface area contributed by atoms with Crippen molar-refractivity contribution in [1.82, 2.24) is 4.90 Å². The Morgan fingerprint density at radius 1 is 1.44 bits per heavy atom. The van der Waals surface area contributed by atoms with Crippen LogP contribution < -0.4 is 0 Å². The SMILES string of the molecule is CCC(C)CN(CC)C(=O)C1(C#N)CCOCC1. The fourth-order valence-electron chi connectivity index (χ4n) is 2.26. The van der Waals surface area contributed by atoms with E-state index in [1.807, 2.05) is 11.8 Å². The Bertz CT molecular complexity index is 316. The second-order valence-corrected chi connectivity index (χ2v) is 5.16. The van der Waals surface area contributed by atoms with Gasteiger partial charge in [0.05, 0.1) is 6.07 Å². The van der Waals surface area contributed by atoms with Gasteiger partial charge in [0.25, 0.3) is 0 Å². The number of hydrogen-bond acceptors (Lipinski definition) is 3. The molecule has 18 heavy (non-hydrogen) atoms. The lowest BCUT2D eigenvalue weighted by Crippen LogP contribution is -2.47. The Morgan fingerprint density at radius 3 is 2.50 bits per heavy atom. The molecule has 1 heterocycles. The molecule has 1 unspecified atom stereocenters. The van der Waals surface area contributed by atoms with Crippen LogP contribution in [0.15, 0.2) is 0 Å². The van der Waals surface area contributed by atoms with Crippen LogP contribution in [0.4, 0.5) is 0 Å². The first-order valence-electron chi connectivity index (χ1n) is 6.88. The predicted molar refractivity (Wildman–Crippen MR) is 69.8 cm³/mol. The van der Waals surface area contributed by atoms with Crippen LogP contribution in [-0.4, -0.2) is 37.1 Å². The summed E-state index contributed by atoms with van der Waals surface area (Å²) in [5, 5.41) is 9.39. The zero-order valence-electron chi connectivity index (χ0n) is 11.7. The van der Waals surface area contributed by atoms with Gasteiger partial charge in [-0.05, 0) is 25.7 Å². The maximum atomic E-state index is 12.6. The van der Waals surface area contributed by atoms with Crippen LogP contribution in [0, 0.1) is 22.7 Å². The van der Waals surface area contributed by atoms with E-state index in [1.54, 1.807) is 0 Å². The van der Waals surface area contributed by atoms with Crippen LogP contribution in [0.5, 0.6) is 0 Å². The van der Waals surface area contributed by atoms with Gasteiger partial charge in [0.15, 0.2) is 0 Å². The fourth-order valence-corrected chi connectivity index (χ4v) is 2.26. The highest BCUT2D eigenvalue weighted by molar-refractivity contribution is 5.85. The first kappa shape index (κ1) is 15.0. The molecule has 4 heteroatoms. The molecular weight excluding hydrogens is 228 g/mol. The van der Waals surface area contributed by atoms with E-state index in [9.17, 15) is 10.1 Å². The van der Waals surface area contributed by atoms with Gasteiger partial charge in [0, 0.05) is 26.3 Å². The van der Waals surface area contributed by atoms with Crippen LogP contribution in [0.1, 0.15) is 40.0 Å². The summed E-state index contributed by atoms with van der Waals surface area (Å²) >= 11 is 0. The smallest absolute Gasteiger partial charge is 0.243 e. The van der Waals surface area contributed by atoms with Crippen molar-refractivity contribution in [1.29, 1.82) is 5.26 Å². The average molecular weight is 252 g/mol. The largest absolute Gasteiger partial charge is 0.381 e.